The number of nitrogens with zero attached hydrogens (tertiary/aromatic N) is 1. The second-order valence-corrected chi connectivity index (χ2v) is 8.00. The molecular weight excluding hydrogens is 432 g/mol. The summed E-state index contributed by atoms with van der Waals surface area (Å²) in [5.74, 6) is 1.53. The molecule has 0 aliphatic carbocycles. The third kappa shape index (κ3) is 7.54. The highest BCUT2D eigenvalue weighted by atomic mass is 79.9. The molecule has 0 radical (unpaired) electrons. The minimum Gasteiger partial charge on any atom is -0.494 e. The Balaban J connectivity index is 1.85. The summed E-state index contributed by atoms with van der Waals surface area (Å²) in [6, 6.07) is 11.6. The smallest absolute Gasteiger partial charge is 0.277 e. The van der Waals surface area contributed by atoms with E-state index in [0.29, 0.717) is 0 Å². The summed E-state index contributed by atoms with van der Waals surface area (Å²) in [7, 11) is 0. The van der Waals surface area contributed by atoms with Gasteiger partial charge in [0.1, 0.15) is 11.5 Å². The first-order chi connectivity index (χ1) is 13.9. The van der Waals surface area contributed by atoms with Crippen LogP contribution in [0.4, 0.5) is 0 Å². The Morgan fingerprint density at radius 1 is 1.21 bits per heavy atom. The minimum atomic E-state index is -0.309. The monoisotopic (exact) mass is 460 g/mol. The number of halogens is 1. The van der Waals surface area contributed by atoms with Gasteiger partial charge in [0.25, 0.3) is 5.91 Å². The Bertz CT molecular complexity index is 833. The standard InChI is InChI=1S/C23H29BrN2O3/c1-5-6-11-28-19-9-7-18(8-10-19)14-25-26-23(27)15-29-22-12-17(4)21(24)13-20(22)16(2)3/h7-10,12-14,16H,5-6,11,15H2,1-4H3,(H,26,27)/b25-14-. The lowest BCUT2D eigenvalue weighted by Crippen LogP contribution is -2.25. The number of amides is 1. The van der Waals surface area contributed by atoms with Crippen molar-refractivity contribution >= 4 is 28.1 Å². The molecule has 0 aromatic heterocycles. The summed E-state index contributed by atoms with van der Waals surface area (Å²) in [5, 5.41) is 4.00. The molecule has 1 amide bonds. The fourth-order valence-corrected chi connectivity index (χ4v) is 2.95. The van der Waals surface area contributed by atoms with Gasteiger partial charge in [-0.3, -0.25) is 4.79 Å². The Labute approximate surface area is 181 Å². The average molecular weight is 461 g/mol. The van der Waals surface area contributed by atoms with Crippen molar-refractivity contribution in [3.63, 3.8) is 0 Å². The topological polar surface area (TPSA) is 59.9 Å². The van der Waals surface area contributed by atoms with Crippen LogP contribution in [0.2, 0.25) is 0 Å². The molecule has 0 spiro atoms. The number of nitrogens with one attached hydrogen (secondary N) is 1. The second-order valence-electron chi connectivity index (χ2n) is 7.15. The highest BCUT2D eigenvalue weighted by Gasteiger charge is 2.12. The van der Waals surface area contributed by atoms with Crippen LogP contribution in [-0.2, 0) is 4.79 Å². The Hall–Kier alpha value is -2.34. The van der Waals surface area contributed by atoms with Gasteiger partial charge in [0.15, 0.2) is 6.61 Å². The fraction of sp³-hybridized carbons (Fsp3) is 0.391. The number of ether oxygens (including phenoxy) is 2. The van der Waals surface area contributed by atoms with Crippen molar-refractivity contribution in [3.05, 3.63) is 57.6 Å². The summed E-state index contributed by atoms with van der Waals surface area (Å²) in [4.78, 5) is 12.1. The van der Waals surface area contributed by atoms with E-state index >= 15 is 0 Å². The molecule has 0 atom stereocenters. The van der Waals surface area contributed by atoms with Gasteiger partial charge in [0.2, 0.25) is 0 Å². The largest absolute Gasteiger partial charge is 0.494 e. The molecule has 0 fully saturated rings. The first kappa shape index (κ1) is 22.9. The number of hydrogen-bond acceptors (Lipinski definition) is 4. The normalized spacial score (nSPS) is 11.1. The van der Waals surface area contributed by atoms with E-state index in [-0.39, 0.29) is 18.4 Å². The van der Waals surface area contributed by atoms with Crippen molar-refractivity contribution in [2.75, 3.05) is 13.2 Å². The Morgan fingerprint density at radius 3 is 2.59 bits per heavy atom. The van der Waals surface area contributed by atoms with Crippen LogP contribution in [-0.4, -0.2) is 25.3 Å². The van der Waals surface area contributed by atoms with Gasteiger partial charge in [-0.15, -0.1) is 0 Å². The third-order valence-corrected chi connectivity index (χ3v) is 5.18. The zero-order valence-corrected chi connectivity index (χ0v) is 19.1. The van der Waals surface area contributed by atoms with Gasteiger partial charge in [-0.1, -0.05) is 43.1 Å². The molecule has 0 saturated carbocycles. The summed E-state index contributed by atoms with van der Waals surface area (Å²) in [6.07, 6.45) is 3.74. The number of carbonyl (C=O) groups is 1. The first-order valence-corrected chi connectivity index (χ1v) is 10.7. The van der Waals surface area contributed by atoms with E-state index in [9.17, 15) is 4.79 Å². The predicted molar refractivity (Wildman–Crippen MR) is 121 cm³/mol. The maximum Gasteiger partial charge on any atom is 0.277 e. The molecule has 2 rings (SSSR count). The van der Waals surface area contributed by atoms with Crippen molar-refractivity contribution in [1.29, 1.82) is 0 Å². The SMILES string of the molecule is CCCCOc1ccc(/C=N\NC(=O)COc2cc(C)c(Br)cc2C(C)C)cc1. The van der Waals surface area contributed by atoms with E-state index in [4.69, 9.17) is 9.47 Å². The number of benzene rings is 2. The van der Waals surface area contributed by atoms with Crippen molar-refractivity contribution in [2.24, 2.45) is 5.10 Å². The zero-order valence-electron chi connectivity index (χ0n) is 17.5. The Morgan fingerprint density at radius 2 is 1.93 bits per heavy atom. The molecule has 5 nitrogen and oxygen atoms in total. The average Bonchev–Trinajstić information content (AvgIpc) is 2.69. The van der Waals surface area contributed by atoms with Crippen LogP contribution in [0.25, 0.3) is 0 Å². The molecule has 6 heteroatoms. The van der Waals surface area contributed by atoms with E-state index in [1.54, 1.807) is 6.21 Å². The highest BCUT2D eigenvalue weighted by molar-refractivity contribution is 9.10. The minimum absolute atomic E-state index is 0.0949. The number of unbranched alkanes of at least 4 members (excludes halogenated alkanes) is 1. The number of hydrogen-bond donors (Lipinski definition) is 1. The molecule has 0 saturated heterocycles. The van der Waals surface area contributed by atoms with E-state index in [1.165, 1.54) is 0 Å². The summed E-state index contributed by atoms with van der Waals surface area (Å²) >= 11 is 3.54. The van der Waals surface area contributed by atoms with Gasteiger partial charge in [0, 0.05) is 4.47 Å². The van der Waals surface area contributed by atoms with Crippen molar-refractivity contribution in [3.8, 4) is 11.5 Å². The third-order valence-electron chi connectivity index (χ3n) is 4.32. The first-order valence-electron chi connectivity index (χ1n) is 9.88. The molecule has 2 aromatic carbocycles. The zero-order chi connectivity index (χ0) is 21.2. The van der Waals surface area contributed by atoms with Crippen LogP contribution < -0.4 is 14.9 Å². The number of carbonyl (C=O) groups excluding carboxylic acids is 1. The van der Waals surface area contributed by atoms with Crippen LogP contribution in [0.1, 0.15) is 56.2 Å². The van der Waals surface area contributed by atoms with Gasteiger partial charge in [-0.25, -0.2) is 5.43 Å². The lowest BCUT2D eigenvalue weighted by Gasteiger charge is -2.15. The quantitative estimate of drug-likeness (QED) is 0.285. The maximum atomic E-state index is 12.1. The van der Waals surface area contributed by atoms with Crippen LogP contribution in [0.15, 0.2) is 46.0 Å². The summed E-state index contributed by atoms with van der Waals surface area (Å²) < 4.78 is 12.4. The molecule has 0 aliphatic heterocycles. The van der Waals surface area contributed by atoms with Crippen molar-refractivity contribution in [1.82, 2.24) is 5.43 Å². The molecule has 156 valence electrons. The number of rotatable bonds is 10. The molecule has 0 unspecified atom stereocenters. The summed E-state index contributed by atoms with van der Waals surface area (Å²) in [5.41, 5.74) is 5.49. The molecule has 0 aliphatic rings. The second kappa shape index (κ2) is 11.6. The Kier molecular flexibility index (Phi) is 9.19. The van der Waals surface area contributed by atoms with Gasteiger partial charge in [-0.2, -0.15) is 5.10 Å². The van der Waals surface area contributed by atoms with Crippen LogP contribution >= 0.6 is 15.9 Å². The summed E-state index contributed by atoms with van der Waals surface area (Å²) in [6.45, 7) is 8.93. The van der Waals surface area contributed by atoms with E-state index in [0.717, 1.165) is 52.1 Å². The molecule has 0 heterocycles. The predicted octanol–water partition coefficient (Wildman–Crippen LogP) is 5.59. The van der Waals surface area contributed by atoms with Gasteiger partial charge < -0.3 is 9.47 Å². The number of aryl methyl sites for hydroxylation is 1. The van der Waals surface area contributed by atoms with E-state index < -0.39 is 0 Å². The molecule has 0 bridgehead atoms. The molecule has 1 N–H and O–H groups in total. The highest BCUT2D eigenvalue weighted by Crippen LogP contribution is 2.32. The maximum absolute atomic E-state index is 12.1. The molecule has 2 aromatic rings. The lowest BCUT2D eigenvalue weighted by molar-refractivity contribution is -0.123. The fourth-order valence-electron chi connectivity index (χ4n) is 2.59. The lowest BCUT2D eigenvalue weighted by atomic mass is 10.0. The van der Waals surface area contributed by atoms with Crippen LogP contribution in [0, 0.1) is 6.92 Å². The van der Waals surface area contributed by atoms with Gasteiger partial charge in [-0.05, 0) is 72.4 Å². The van der Waals surface area contributed by atoms with E-state index in [2.05, 4.69) is 47.2 Å². The molecular formula is C23H29BrN2O3. The van der Waals surface area contributed by atoms with Crippen LogP contribution in [0.5, 0.6) is 11.5 Å². The van der Waals surface area contributed by atoms with Crippen molar-refractivity contribution < 1.29 is 14.3 Å². The molecule has 29 heavy (non-hydrogen) atoms. The van der Waals surface area contributed by atoms with Gasteiger partial charge in [0.05, 0.1) is 12.8 Å². The van der Waals surface area contributed by atoms with Gasteiger partial charge >= 0.3 is 0 Å². The number of hydrazone groups is 1. The van der Waals surface area contributed by atoms with Crippen molar-refractivity contribution in [2.45, 2.75) is 46.5 Å². The van der Waals surface area contributed by atoms with Crippen LogP contribution in [0.3, 0.4) is 0 Å². The van der Waals surface area contributed by atoms with E-state index in [1.807, 2.05) is 43.3 Å².